The van der Waals surface area contributed by atoms with E-state index in [2.05, 4.69) is 0 Å². The maximum Gasteiger partial charge on any atom is 0.338 e. The number of aliphatic hydroxyl groups excluding tert-OH is 1. The second-order valence-corrected chi connectivity index (χ2v) is 13.2. The molecule has 1 spiro atoms. The summed E-state index contributed by atoms with van der Waals surface area (Å²) >= 11 is 0. The third-order valence-corrected chi connectivity index (χ3v) is 11.6. The average molecular weight is 561 g/mol. The Bertz CT molecular complexity index is 1220. The lowest BCUT2D eigenvalue weighted by Crippen LogP contribution is -2.80. The quantitative estimate of drug-likeness (QED) is 0.282. The second kappa shape index (κ2) is 8.38. The van der Waals surface area contributed by atoms with Crippen molar-refractivity contribution in [1.82, 2.24) is 0 Å². The molecule has 0 radical (unpaired) electrons. The summed E-state index contributed by atoms with van der Waals surface area (Å²) in [5.41, 5.74) is -5.27. The van der Waals surface area contributed by atoms with Crippen LogP contribution in [-0.4, -0.2) is 93.8 Å². The SMILES string of the molecule is C[C@]12[C@H]3C[C@H]4O[C@@H]5[C@H](C[C@]41O)[C@@](C)(O)CC[C@@]52COC(=O)/C=C1/CCO[C@]2(CC/C=C\C(=O)O3)[C@H](O)C(=O)O[C@H]12. The van der Waals surface area contributed by atoms with Crippen LogP contribution < -0.4 is 0 Å². The van der Waals surface area contributed by atoms with Gasteiger partial charge in [0.25, 0.3) is 0 Å². The first-order valence-corrected chi connectivity index (χ1v) is 14.3. The molecule has 0 aromatic rings. The molecule has 8 bridgehead atoms. The van der Waals surface area contributed by atoms with Crippen LogP contribution >= 0.6 is 0 Å². The average Bonchev–Trinajstić information content (AvgIpc) is 3.24. The third-order valence-electron chi connectivity index (χ3n) is 11.6. The van der Waals surface area contributed by atoms with E-state index in [0.717, 1.165) is 0 Å². The molecule has 8 rings (SSSR count). The lowest BCUT2D eigenvalue weighted by atomic mass is 9.40. The monoisotopic (exact) mass is 560 g/mol. The van der Waals surface area contributed by atoms with Crippen molar-refractivity contribution in [2.45, 2.75) is 106 Å². The lowest BCUT2D eigenvalue weighted by Gasteiger charge is -2.71. The maximum atomic E-state index is 13.3. The fourth-order valence-corrected chi connectivity index (χ4v) is 9.31. The number of esters is 3. The predicted molar refractivity (Wildman–Crippen MR) is 133 cm³/mol. The molecular weight excluding hydrogens is 524 g/mol. The molecule has 8 aliphatic rings. The molecule has 3 N–H and O–H groups in total. The number of carbonyl (C=O) groups excluding carboxylic acids is 3. The van der Waals surface area contributed by atoms with Gasteiger partial charge in [0.15, 0.2) is 12.2 Å². The Balaban J connectivity index is 1.30. The Hall–Kier alpha value is -2.31. The number of hydrogen-bond acceptors (Lipinski definition) is 11. The minimum atomic E-state index is -1.54. The maximum absolute atomic E-state index is 13.3. The highest BCUT2D eigenvalue weighted by molar-refractivity contribution is 5.85. The topological polar surface area (TPSA) is 158 Å². The Labute approximate surface area is 231 Å². The number of rotatable bonds is 0. The van der Waals surface area contributed by atoms with E-state index in [-0.39, 0.29) is 32.0 Å². The van der Waals surface area contributed by atoms with Crippen LogP contribution in [0.25, 0.3) is 0 Å². The Morgan fingerprint density at radius 1 is 1.00 bits per heavy atom. The molecule has 0 unspecified atom stereocenters. The van der Waals surface area contributed by atoms with Crippen molar-refractivity contribution in [3.8, 4) is 0 Å². The minimum Gasteiger partial charge on any atom is -0.462 e. The van der Waals surface area contributed by atoms with E-state index in [4.69, 9.17) is 23.7 Å². The van der Waals surface area contributed by atoms with Crippen LogP contribution in [0, 0.1) is 16.7 Å². The molecule has 7 fully saturated rings. The Morgan fingerprint density at radius 3 is 2.60 bits per heavy atom. The van der Waals surface area contributed by atoms with E-state index in [1.807, 2.05) is 6.92 Å². The highest BCUT2D eigenvalue weighted by atomic mass is 16.6. The molecule has 40 heavy (non-hydrogen) atoms. The van der Waals surface area contributed by atoms with E-state index in [1.165, 1.54) is 12.2 Å². The first-order valence-electron chi connectivity index (χ1n) is 14.3. The number of cyclic esters (lactones) is 1. The van der Waals surface area contributed by atoms with Gasteiger partial charge >= 0.3 is 17.9 Å². The van der Waals surface area contributed by atoms with Gasteiger partial charge in [-0.3, -0.25) is 0 Å². The van der Waals surface area contributed by atoms with Crippen LogP contribution in [0.5, 0.6) is 0 Å². The summed E-state index contributed by atoms with van der Waals surface area (Å²) in [5, 5.41) is 34.2. The van der Waals surface area contributed by atoms with Crippen molar-refractivity contribution < 1.29 is 53.4 Å². The van der Waals surface area contributed by atoms with Gasteiger partial charge in [0.05, 0.1) is 24.4 Å². The number of ether oxygens (including phenoxy) is 5. The van der Waals surface area contributed by atoms with Crippen LogP contribution in [-0.2, 0) is 38.1 Å². The molecule has 4 saturated heterocycles. The number of carbonyl (C=O) groups is 3. The van der Waals surface area contributed by atoms with E-state index in [1.54, 1.807) is 13.0 Å². The zero-order valence-electron chi connectivity index (χ0n) is 22.7. The summed E-state index contributed by atoms with van der Waals surface area (Å²) in [4.78, 5) is 38.8. The van der Waals surface area contributed by atoms with Crippen molar-refractivity contribution >= 4 is 17.9 Å². The van der Waals surface area contributed by atoms with E-state index in [9.17, 15) is 29.7 Å². The van der Waals surface area contributed by atoms with Gasteiger partial charge in [-0.15, -0.1) is 0 Å². The second-order valence-electron chi connectivity index (χ2n) is 13.2. The lowest BCUT2D eigenvalue weighted by molar-refractivity contribution is -0.377. The minimum absolute atomic E-state index is 0.114. The first-order chi connectivity index (χ1) is 18.9. The molecule has 11 heteroatoms. The number of hydrogen-bond donors (Lipinski definition) is 3. The fraction of sp³-hybridized carbons (Fsp3) is 0.759. The predicted octanol–water partition coefficient (Wildman–Crippen LogP) is 0.623. The van der Waals surface area contributed by atoms with Crippen LogP contribution in [0.4, 0.5) is 0 Å². The molecule has 5 aliphatic heterocycles. The summed E-state index contributed by atoms with van der Waals surface area (Å²) < 4.78 is 29.8. The van der Waals surface area contributed by atoms with Crippen LogP contribution in [0.1, 0.15) is 58.8 Å². The van der Waals surface area contributed by atoms with Crippen molar-refractivity contribution in [1.29, 1.82) is 0 Å². The number of aliphatic hydroxyl groups is 3. The van der Waals surface area contributed by atoms with Gasteiger partial charge in [0.2, 0.25) is 0 Å². The molecular formula is C29H36O11. The third kappa shape index (κ3) is 3.15. The molecule has 5 heterocycles. The standard InChI is InChI=1S/C29H36O11/c1-25(34)8-9-27-14-36-20(31)11-15-6-10-37-28(21(32)24(33)40-22(15)28)7-4-3-5-19(30)38-17-12-18-29(35,26(17,27)2)13-16(25)23(27)39-18/h3,5,11,16-18,21-23,32,34-35H,4,6-10,12-14H2,1-2H3/b5-3-,15-11-/t16-,17+,18+,21+,22+,23+,25-,26+,27+,28+,29-/m0/s1. The van der Waals surface area contributed by atoms with Crippen molar-refractivity contribution in [3.63, 3.8) is 0 Å². The zero-order valence-corrected chi connectivity index (χ0v) is 22.7. The summed E-state index contributed by atoms with van der Waals surface area (Å²) in [6.07, 6.45) is 2.09. The largest absolute Gasteiger partial charge is 0.462 e. The highest BCUT2D eigenvalue weighted by Crippen LogP contribution is 2.74. The normalized spacial score (nSPS) is 55.4. The zero-order chi connectivity index (χ0) is 28.3. The van der Waals surface area contributed by atoms with Gasteiger partial charge < -0.3 is 39.0 Å². The van der Waals surface area contributed by atoms with Gasteiger partial charge in [0, 0.05) is 35.3 Å². The van der Waals surface area contributed by atoms with E-state index < -0.39 is 76.1 Å². The molecule has 11 atom stereocenters. The van der Waals surface area contributed by atoms with Gasteiger partial charge in [-0.1, -0.05) is 13.0 Å². The summed E-state index contributed by atoms with van der Waals surface area (Å²) in [5.74, 6) is -2.46. The van der Waals surface area contributed by atoms with Gasteiger partial charge in [-0.05, 0) is 51.0 Å². The Kier molecular flexibility index (Phi) is 5.57. The molecule has 3 aliphatic carbocycles. The van der Waals surface area contributed by atoms with Crippen LogP contribution in [0.15, 0.2) is 23.8 Å². The van der Waals surface area contributed by atoms with E-state index >= 15 is 0 Å². The van der Waals surface area contributed by atoms with E-state index in [0.29, 0.717) is 37.7 Å². The van der Waals surface area contributed by atoms with Gasteiger partial charge in [0.1, 0.15) is 23.9 Å². The summed E-state index contributed by atoms with van der Waals surface area (Å²) in [6, 6.07) is 0. The highest BCUT2D eigenvalue weighted by Gasteiger charge is 2.83. The molecule has 0 amide bonds. The smallest absolute Gasteiger partial charge is 0.338 e. The molecule has 11 nitrogen and oxygen atoms in total. The summed E-state index contributed by atoms with van der Waals surface area (Å²) in [6.45, 7) is 3.71. The van der Waals surface area contributed by atoms with Crippen LogP contribution in [0.2, 0.25) is 0 Å². The summed E-state index contributed by atoms with van der Waals surface area (Å²) in [7, 11) is 0. The molecule has 0 aromatic heterocycles. The van der Waals surface area contributed by atoms with Crippen molar-refractivity contribution in [2.75, 3.05) is 13.2 Å². The fourth-order valence-electron chi connectivity index (χ4n) is 9.31. The van der Waals surface area contributed by atoms with Crippen LogP contribution in [0.3, 0.4) is 0 Å². The van der Waals surface area contributed by atoms with Gasteiger partial charge in [-0.25, -0.2) is 14.4 Å². The van der Waals surface area contributed by atoms with Crippen molar-refractivity contribution in [2.24, 2.45) is 16.7 Å². The first kappa shape index (κ1) is 26.6. The van der Waals surface area contributed by atoms with Crippen molar-refractivity contribution in [3.05, 3.63) is 23.8 Å². The van der Waals surface area contributed by atoms with Gasteiger partial charge in [-0.2, -0.15) is 0 Å². The number of allylic oxidation sites excluding steroid dienone is 1. The Morgan fingerprint density at radius 2 is 1.80 bits per heavy atom. The molecule has 0 aromatic carbocycles. The molecule has 218 valence electrons. The molecule has 3 saturated carbocycles.